The van der Waals surface area contributed by atoms with Crippen LogP contribution < -0.4 is 4.74 Å². The van der Waals surface area contributed by atoms with E-state index in [1.54, 1.807) is 0 Å². The van der Waals surface area contributed by atoms with Crippen LogP contribution in [0, 0.1) is 10.1 Å². The van der Waals surface area contributed by atoms with E-state index in [0.29, 0.717) is 6.29 Å². The first-order valence-electron chi connectivity index (χ1n) is 4.02. The Balaban J connectivity index is 3.53. The molecule has 0 saturated carbocycles. The van der Waals surface area contributed by atoms with Crippen molar-refractivity contribution in [3.63, 3.8) is 0 Å². The molecule has 1 aromatic rings. The fraction of sp³-hybridized carbons (Fsp3) is 0.111. The number of hydrogen-bond acceptors (Lipinski definition) is 5. The maximum atomic E-state index is 10.9. The van der Waals surface area contributed by atoms with Crippen LogP contribution in [0.2, 0.25) is 0 Å². The van der Waals surface area contributed by atoms with Crippen molar-refractivity contribution in [3.8, 4) is 5.75 Å². The molecule has 6 nitrogen and oxygen atoms in total. The Kier molecular flexibility index (Phi) is 3.57. The Labute approximate surface area is 94.9 Å². The summed E-state index contributed by atoms with van der Waals surface area (Å²) in [5.41, 5.74) is -0.811. The van der Waals surface area contributed by atoms with Gasteiger partial charge < -0.3 is 4.74 Å². The minimum absolute atomic E-state index is 0.0170. The molecule has 1 aromatic carbocycles. The summed E-state index contributed by atoms with van der Waals surface area (Å²) in [5.74, 6) is 0.0170. The van der Waals surface area contributed by atoms with E-state index in [1.807, 2.05) is 0 Å². The number of hydrogen-bond donors (Lipinski definition) is 0. The summed E-state index contributed by atoms with van der Waals surface area (Å²) >= 11 is 5.18. The maximum Gasteiger partial charge on any atom is 0.285 e. The van der Waals surface area contributed by atoms with E-state index in [1.165, 1.54) is 7.11 Å². The number of ether oxygens (including phenoxy) is 1. The van der Waals surface area contributed by atoms with Crippen LogP contribution in [0.4, 0.5) is 5.69 Å². The van der Waals surface area contributed by atoms with Crippen LogP contribution in [0.5, 0.6) is 5.75 Å². The van der Waals surface area contributed by atoms with E-state index in [9.17, 15) is 19.7 Å². The summed E-state index contributed by atoms with van der Waals surface area (Å²) in [6.45, 7) is 0. The highest BCUT2D eigenvalue weighted by molar-refractivity contribution is 6.68. The molecule has 0 aliphatic heterocycles. The first-order valence-corrected chi connectivity index (χ1v) is 4.40. The van der Waals surface area contributed by atoms with E-state index in [4.69, 9.17) is 16.3 Å². The second kappa shape index (κ2) is 4.71. The standard InChI is InChI=1S/C9H6ClNO5/c1-16-8-3-7(11(14)15)6(9(10)13)2-5(8)4-12/h2-4H,1H3. The number of carbonyl (C=O) groups excluding carboxylic acids is 2. The van der Waals surface area contributed by atoms with Gasteiger partial charge in [0.2, 0.25) is 0 Å². The Hall–Kier alpha value is -1.95. The fourth-order valence-electron chi connectivity index (χ4n) is 1.16. The molecule has 0 aromatic heterocycles. The summed E-state index contributed by atoms with van der Waals surface area (Å²) in [6, 6.07) is 2.01. The minimum atomic E-state index is -1.00. The maximum absolute atomic E-state index is 10.9. The van der Waals surface area contributed by atoms with E-state index >= 15 is 0 Å². The molecule has 7 heteroatoms. The second-order valence-corrected chi connectivity index (χ2v) is 3.10. The van der Waals surface area contributed by atoms with Gasteiger partial charge in [-0.25, -0.2) is 0 Å². The van der Waals surface area contributed by atoms with Crippen LogP contribution in [-0.2, 0) is 0 Å². The number of carbonyl (C=O) groups is 2. The zero-order valence-corrected chi connectivity index (χ0v) is 8.85. The van der Waals surface area contributed by atoms with Crippen molar-refractivity contribution >= 4 is 28.8 Å². The van der Waals surface area contributed by atoms with Crippen molar-refractivity contribution < 1.29 is 19.2 Å². The molecular weight excluding hydrogens is 238 g/mol. The van der Waals surface area contributed by atoms with Crippen LogP contribution in [0.25, 0.3) is 0 Å². The second-order valence-electron chi connectivity index (χ2n) is 2.76. The number of nitrogens with zero attached hydrogens (tertiary/aromatic N) is 1. The largest absolute Gasteiger partial charge is 0.496 e. The number of nitro benzene ring substituents is 1. The number of halogens is 1. The molecule has 0 spiro atoms. The van der Waals surface area contributed by atoms with Gasteiger partial charge >= 0.3 is 0 Å². The van der Waals surface area contributed by atoms with Gasteiger partial charge in [-0.1, -0.05) is 0 Å². The monoisotopic (exact) mass is 243 g/mol. The molecule has 0 bridgehead atoms. The van der Waals surface area contributed by atoms with Gasteiger partial charge in [0, 0.05) is 0 Å². The van der Waals surface area contributed by atoms with Gasteiger partial charge in [-0.05, 0) is 17.7 Å². The van der Waals surface area contributed by atoms with E-state index in [-0.39, 0.29) is 16.9 Å². The van der Waals surface area contributed by atoms with Gasteiger partial charge in [0.15, 0.2) is 6.29 Å². The average Bonchev–Trinajstić information content (AvgIpc) is 2.26. The molecule has 0 atom stereocenters. The highest BCUT2D eigenvalue weighted by Gasteiger charge is 2.22. The van der Waals surface area contributed by atoms with E-state index < -0.39 is 15.9 Å². The number of methoxy groups -OCH3 is 1. The fourth-order valence-corrected chi connectivity index (χ4v) is 1.31. The quantitative estimate of drug-likeness (QED) is 0.348. The molecule has 0 amide bonds. The third-order valence-corrected chi connectivity index (χ3v) is 2.09. The highest BCUT2D eigenvalue weighted by atomic mass is 35.5. The highest BCUT2D eigenvalue weighted by Crippen LogP contribution is 2.29. The third kappa shape index (κ3) is 2.17. The van der Waals surface area contributed by atoms with Crippen molar-refractivity contribution in [1.82, 2.24) is 0 Å². The van der Waals surface area contributed by atoms with Crippen molar-refractivity contribution in [2.24, 2.45) is 0 Å². The Morgan fingerprint density at radius 2 is 2.19 bits per heavy atom. The van der Waals surface area contributed by atoms with Crippen LogP contribution in [0.15, 0.2) is 12.1 Å². The topological polar surface area (TPSA) is 86.5 Å². The number of nitro groups is 1. The van der Waals surface area contributed by atoms with Crippen molar-refractivity contribution in [2.75, 3.05) is 7.11 Å². The molecule has 0 N–H and O–H groups in total. The van der Waals surface area contributed by atoms with Crippen molar-refractivity contribution in [3.05, 3.63) is 33.4 Å². The molecule has 0 aliphatic carbocycles. The molecule has 0 unspecified atom stereocenters. The minimum Gasteiger partial charge on any atom is -0.496 e. The summed E-state index contributed by atoms with van der Waals surface area (Å²) in [7, 11) is 1.26. The SMILES string of the molecule is COc1cc([N+](=O)[O-])c(C(=O)Cl)cc1C=O. The van der Waals surface area contributed by atoms with E-state index in [2.05, 4.69) is 0 Å². The predicted molar refractivity (Wildman–Crippen MR) is 55.2 cm³/mol. The van der Waals surface area contributed by atoms with Crippen LogP contribution in [0.1, 0.15) is 20.7 Å². The summed E-state index contributed by atoms with van der Waals surface area (Å²) in [6.07, 6.45) is 0.423. The van der Waals surface area contributed by atoms with Gasteiger partial charge in [-0.15, -0.1) is 0 Å². The lowest BCUT2D eigenvalue weighted by Gasteiger charge is -2.05. The first kappa shape index (κ1) is 12.1. The lowest BCUT2D eigenvalue weighted by atomic mass is 10.1. The van der Waals surface area contributed by atoms with Gasteiger partial charge in [0.05, 0.1) is 23.7 Å². The summed E-state index contributed by atoms with van der Waals surface area (Å²) in [4.78, 5) is 31.5. The Morgan fingerprint density at radius 3 is 2.56 bits per heavy atom. The van der Waals surface area contributed by atoms with Gasteiger partial charge in [-0.3, -0.25) is 19.7 Å². The predicted octanol–water partition coefficient (Wildman–Crippen LogP) is 1.79. The molecule has 0 aliphatic rings. The van der Waals surface area contributed by atoms with Gasteiger partial charge in [0.1, 0.15) is 11.3 Å². The smallest absolute Gasteiger partial charge is 0.285 e. The number of benzene rings is 1. The number of aldehydes is 1. The van der Waals surface area contributed by atoms with Crippen molar-refractivity contribution in [2.45, 2.75) is 0 Å². The molecule has 0 radical (unpaired) electrons. The summed E-state index contributed by atoms with van der Waals surface area (Å²) in [5, 5.41) is 9.64. The van der Waals surface area contributed by atoms with Gasteiger partial charge in [0.25, 0.3) is 10.9 Å². The first-order chi connectivity index (χ1) is 7.51. The Bertz CT molecular complexity index is 471. The zero-order valence-electron chi connectivity index (χ0n) is 8.10. The molecule has 0 heterocycles. The number of rotatable bonds is 4. The molecule has 84 valence electrons. The van der Waals surface area contributed by atoms with E-state index in [0.717, 1.165) is 12.1 Å². The molecule has 0 saturated heterocycles. The summed E-state index contributed by atoms with van der Waals surface area (Å²) < 4.78 is 4.77. The lowest BCUT2D eigenvalue weighted by Crippen LogP contribution is -2.02. The Morgan fingerprint density at radius 1 is 1.56 bits per heavy atom. The average molecular weight is 244 g/mol. The zero-order chi connectivity index (χ0) is 12.3. The van der Waals surface area contributed by atoms with Crippen molar-refractivity contribution in [1.29, 1.82) is 0 Å². The molecule has 0 fully saturated rings. The van der Waals surface area contributed by atoms with Gasteiger partial charge in [-0.2, -0.15) is 0 Å². The third-order valence-electron chi connectivity index (χ3n) is 1.88. The normalized spacial score (nSPS) is 9.62. The molecule has 1 rings (SSSR count). The molecule has 16 heavy (non-hydrogen) atoms. The molecular formula is C9H6ClNO5. The van der Waals surface area contributed by atoms with Crippen LogP contribution in [-0.4, -0.2) is 23.6 Å². The van der Waals surface area contributed by atoms with Crippen LogP contribution in [0.3, 0.4) is 0 Å². The lowest BCUT2D eigenvalue weighted by molar-refractivity contribution is -0.385. The van der Waals surface area contributed by atoms with Crippen LogP contribution >= 0.6 is 11.6 Å².